The van der Waals surface area contributed by atoms with E-state index < -0.39 is 6.23 Å². The number of thioether (sulfide) groups is 1. The van der Waals surface area contributed by atoms with Crippen LogP contribution in [0.3, 0.4) is 0 Å². The number of benzene rings is 1. The van der Waals surface area contributed by atoms with E-state index in [1.165, 1.54) is 0 Å². The molecule has 0 saturated carbocycles. The molecule has 1 N–H and O–H groups in total. The Morgan fingerprint density at radius 3 is 2.92 bits per heavy atom. The second-order valence-corrected chi connectivity index (χ2v) is 6.99. The van der Waals surface area contributed by atoms with Crippen LogP contribution in [0.25, 0.3) is 11.3 Å². The summed E-state index contributed by atoms with van der Waals surface area (Å²) in [6.45, 7) is 2.17. The van der Waals surface area contributed by atoms with Crippen molar-refractivity contribution in [3.8, 4) is 17.1 Å². The van der Waals surface area contributed by atoms with Crippen molar-refractivity contribution in [1.29, 1.82) is 0 Å². The Balaban J connectivity index is 1.74. The average molecular weight is 365 g/mol. The fraction of sp³-hybridized carbons (Fsp3) is 0.263. The lowest BCUT2D eigenvalue weighted by molar-refractivity contribution is 0.225. The molecule has 1 aliphatic rings. The Labute approximate surface area is 156 Å². The van der Waals surface area contributed by atoms with Crippen LogP contribution < -0.4 is 10.1 Å². The number of fused-ring (bicyclic) bond motifs is 3. The molecule has 0 amide bonds. The Morgan fingerprint density at radius 1 is 1.15 bits per heavy atom. The van der Waals surface area contributed by atoms with Crippen molar-refractivity contribution in [1.82, 2.24) is 20.2 Å². The fourth-order valence-electron chi connectivity index (χ4n) is 2.70. The SMILES string of the molecule is CCCCSc1nnc2c(n1)O[C@@H](c1cccnc1)Nc1ccccc1-2. The first-order valence-corrected chi connectivity index (χ1v) is 9.63. The lowest BCUT2D eigenvalue weighted by atomic mass is 10.1. The Hall–Kier alpha value is -2.67. The van der Waals surface area contributed by atoms with Crippen LogP contribution in [-0.4, -0.2) is 25.9 Å². The summed E-state index contributed by atoms with van der Waals surface area (Å²) in [4.78, 5) is 8.82. The minimum absolute atomic E-state index is 0.392. The van der Waals surface area contributed by atoms with E-state index in [1.54, 1.807) is 24.2 Å². The molecular weight excluding hydrogens is 346 g/mol. The highest BCUT2D eigenvalue weighted by Crippen LogP contribution is 2.39. The molecule has 6 nitrogen and oxygen atoms in total. The summed E-state index contributed by atoms with van der Waals surface area (Å²) in [5, 5.41) is 12.8. The average Bonchev–Trinajstić information content (AvgIpc) is 2.85. The summed E-state index contributed by atoms with van der Waals surface area (Å²) >= 11 is 1.61. The van der Waals surface area contributed by atoms with Gasteiger partial charge in [-0.2, -0.15) is 4.98 Å². The van der Waals surface area contributed by atoms with E-state index in [0.717, 1.165) is 35.4 Å². The van der Waals surface area contributed by atoms with Crippen molar-refractivity contribution in [3.05, 3.63) is 54.4 Å². The van der Waals surface area contributed by atoms with Gasteiger partial charge in [0.2, 0.25) is 11.0 Å². The number of hydrogen-bond acceptors (Lipinski definition) is 7. The van der Waals surface area contributed by atoms with Gasteiger partial charge in [-0.25, -0.2) is 0 Å². The molecule has 132 valence electrons. The second-order valence-electron chi connectivity index (χ2n) is 5.92. The minimum Gasteiger partial charge on any atom is -0.448 e. The topological polar surface area (TPSA) is 72.8 Å². The van der Waals surface area contributed by atoms with E-state index in [0.29, 0.717) is 16.7 Å². The molecule has 0 fully saturated rings. The molecule has 4 rings (SSSR count). The molecule has 1 atom stereocenters. The first-order chi connectivity index (χ1) is 12.8. The van der Waals surface area contributed by atoms with E-state index >= 15 is 0 Å². The third kappa shape index (κ3) is 3.48. The molecule has 0 spiro atoms. The molecule has 3 aromatic rings. The maximum Gasteiger partial charge on any atom is 0.247 e. The summed E-state index contributed by atoms with van der Waals surface area (Å²) < 4.78 is 6.19. The van der Waals surface area contributed by atoms with Gasteiger partial charge in [-0.05, 0) is 18.6 Å². The van der Waals surface area contributed by atoms with Crippen LogP contribution in [0, 0.1) is 0 Å². The van der Waals surface area contributed by atoms with Gasteiger partial charge in [0.15, 0.2) is 11.9 Å². The van der Waals surface area contributed by atoms with E-state index in [4.69, 9.17) is 4.74 Å². The minimum atomic E-state index is -0.392. The van der Waals surface area contributed by atoms with Crippen LogP contribution in [0.5, 0.6) is 5.88 Å². The standard InChI is InChI=1S/C19H19N5OS/c1-2-3-11-26-19-22-18-16(23-24-19)14-8-4-5-9-15(14)21-17(25-18)13-7-6-10-20-12-13/h4-10,12,17,21H,2-3,11H2,1H3/t17-/m0/s1. The van der Waals surface area contributed by atoms with E-state index in [1.807, 2.05) is 36.4 Å². The first-order valence-electron chi connectivity index (χ1n) is 8.65. The molecule has 26 heavy (non-hydrogen) atoms. The predicted molar refractivity (Wildman–Crippen MR) is 102 cm³/mol. The molecule has 0 unspecified atom stereocenters. The third-order valence-electron chi connectivity index (χ3n) is 4.05. The van der Waals surface area contributed by atoms with Gasteiger partial charge in [-0.1, -0.05) is 49.4 Å². The Morgan fingerprint density at radius 2 is 2.08 bits per heavy atom. The number of nitrogens with zero attached hydrogens (tertiary/aromatic N) is 4. The summed E-state index contributed by atoms with van der Waals surface area (Å²) in [5.74, 6) is 1.46. The maximum atomic E-state index is 6.19. The van der Waals surface area contributed by atoms with E-state index in [-0.39, 0.29) is 0 Å². The number of aromatic nitrogens is 4. The molecule has 3 heterocycles. The normalized spacial score (nSPS) is 15.2. The van der Waals surface area contributed by atoms with Gasteiger partial charge in [0.1, 0.15) is 0 Å². The zero-order valence-electron chi connectivity index (χ0n) is 14.4. The summed E-state index contributed by atoms with van der Waals surface area (Å²) in [6, 6.07) is 11.8. The molecule has 0 radical (unpaired) electrons. The monoisotopic (exact) mass is 365 g/mol. The van der Waals surface area contributed by atoms with Gasteiger partial charge < -0.3 is 10.1 Å². The van der Waals surface area contributed by atoms with Crippen molar-refractivity contribution in [2.24, 2.45) is 0 Å². The first kappa shape index (κ1) is 16.8. The molecule has 7 heteroatoms. The third-order valence-corrected chi connectivity index (χ3v) is 4.97. The summed E-state index contributed by atoms with van der Waals surface area (Å²) in [5.41, 5.74) is 3.44. The lowest BCUT2D eigenvalue weighted by Gasteiger charge is -2.18. The lowest BCUT2D eigenvalue weighted by Crippen LogP contribution is -2.17. The molecule has 1 aliphatic heterocycles. The Kier molecular flexibility index (Phi) is 4.97. The summed E-state index contributed by atoms with van der Waals surface area (Å²) in [7, 11) is 0. The maximum absolute atomic E-state index is 6.19. The van der Waals surface area contributed by atoms with Crippen LogP contribution in [0.2, 0.25) is 0 Å². The zero-order chi connectivity index (χ0) is 17.8. The van der Waals surface area contributed by atoms with Crippen molar-refractivity contribution < 1.29 is 4.74 Å². The molecule has 0 bridgehead atoms. The highest BCUT2D eigenvalue weighted by molar-refractivity contribution is 7.99. The van der Waals surface area contributed by atoms with Crippen molar-refractivity contribution in [3.63, 3.8) is 0 Å². The Bertz CT molecular complexity index is 890. The number of ether oxygens (including phenoxy) is 1. The van der Waals surface area contributed by atoms with Crippen LogP contribution in [0.1, 0.15) is 31.6 Å². The fourth-order valence-corrected chi connectivity index (χ4v) is 3.56. The molecule has 1 aromatic carbocycles. The van der Waals surface area contributed by atoms with Gasteiger partial charge in [0.05, 0.1) is 0 Å². The highest BCUT2D eigenvalue weighted by atomic mass is 32.2. The van der Waals surface area contributed by atoms with Crippen LogP contribution in [0.4, 0.5) is 5.69 Å². The number of pyridine rings is 1. The number of unbranched alkanes of at least 4 members (excludes halogenated alkanes) is 1. The smallest absolute Gasteiger partial charge is 0.247 e. The number of anilines is 1. The molecular formula is C19H19N5OS. The van der Waals surface area contributed by atoms with E-state index in [2.05, 4.69) is 32.4 Å². The van der Waals surface area contributed by atoms with E-state index in [9.17, 15) is 0 Å². The molecule has 2 aromatic heterocycles. The number of hydrogen-bond donors (Lipinski definition) is 1. The predicted octanol–water partition coefficient (Wildman–Crippen LogP) is 4.33. The van der Waals surface area contributed by atoms with Crippen molar-refractivity contribution >= 4 is 17.4 Å². The van der Waals surface area contributed by atoms with Gasteiger partial charge in [0.25, 0.3) is 0 Å². The quantitative estimate of drug-likeness (QED) is 0.533. The molecule has 0 aliphatic carbocycles. The largest absolute Gasteiger partial charge is 0.448 e. The van der Waals surface area contributed by atoms with Gasteiger partial charge >= 0.3 is 0 Å². The summed E-state index contributed by atoms with van der Waals surface area (Å²) in [6.07, 6.45) is 5.40. The van der Waals surface area contributed by atoms with Crippen LogP contribution >= 0.6 is 11.8 Å². The number of rotatable bonds is 5. The number of nitrogens with one attached hydrogen (secondary N) is 1. The van der Waals surface area contributed by atoms with Crippen molar-refractivity contribution in [2.75, 3.05) is 11.1 Å². The highest BCUT2D eigenvalue weighted by Gasteiger charge is 2.25. The zero-order valence-corrected chi connectivity index (χ0v) is 15.2. The second kappa shape index (κ2) is 7.70. The van der Waals surface area contributed by atoms with Crippen LogP contribution in [0.15, 0.2) is 53.9 Å². The molecule has 0 saturated heterocycles. The van der Waals surface area contributed by atoms with Crippen LogP contribution in [-0.2, 0) is 0 Å². The van der Waals surface area contributed by atoms with Gasteiger partial charge in [-0.15, -0.1) is 10.2 Å². The van der Waals surface area contributed by atoms with Crippen molar-refractivity contribution in [2.45, 2.75) is 31.1 Å². The number of para-hydroxylation sites is 1. The van der Waals surface area contributed by atoms with Gasteiger partial charge in [0, 0.05) is 35.0 Å². The van der Waals surface area contributed by atoms with Gasteiger partial charge in [-0.3, -0.25) is 4.98 Å².